The number of rotatable bonds is 7. The first kappa shape index (κ1) is 18.6. The largest absolute Gasteiger partial charge is 0.490 e. The van der Waals surface area contributed by atoms with Crippen LogP contribution in [0.5, 0.6) is 11.5 Å². The SMILES string of the molecule is CCOc1cc(C=C(C#N)C#N)ccc1OCc1ccc(C(=O)OC)o1. The van der Waals surface area contributed by atoms with Crippen molar-refractivity contribution in [3.8, 4) is 23.6 Å². The maximum atomic E-state index is 11.4. The van der Waals surface area contributed by atoms with Crippen LogP contribution in [0.1, 0.15) is 28.8 Å². The van der Waals surface area contributed by atoms with Crippen LogP contribution in [0.4, 0.5) is 0 Å². The minimum Gasteiger partial charge on any atom is -0.490 e. The molecule has 0 unspecified atom stereocenters. The number of furan rings is 1. The van der Waals surface area contributed by atoms with Crippen molar-refractivity contribution in [2.45, 2.75) is 13.5 Å². The smallest absolute Gasteiger partial charge is 0.373 e. The van der Waals surface area contributed by atoms with Gasteiger partial charge in [-0.25, -0.2) is 4.79 Å². The number of carbonyl (C=O) groups excluding carboxylic acids is 1. The quantitative estimate of drug-likeness (QED) is 0.555. The molecule has 0 N–H and O–H groups in total. The van der Waals surface area contributed by atoms with Crippen LogP contribution >= 0.6 is 0 Å². The molecule has 7 nitrogen and oxygen atoms in total. The topological polar surface area (TPSA) is 105 Å². The highest BCUT2D eigenvalue weighted by Crippen LogP contribution is 2.30. The lowest BCUT2D eigenvalue weighted by Crippen LogP contribution is -2.00. The Kier molecular flexibility index (Phi) is 6.41. The van der Waals surface area contributed by atoms with Crippen LogP contribution in [0, 0.1) is 22.7 Å². The van der Waals surface area contributed by atoms with E-state index in [1.807, 2.05) is 6.92 Å². The summed E-state index contributed by atoms with van der Waals surface area (Å²) in [4.78, 5) is 11.4. The average molecular weight is 352 g/mol. The number of carbonyl (C=O) groups is 1. The molecule has 0 atom stereocenters. The molecular formula is C19H16N2O5. The molecule has 26 heavy (non-hydrogen) atoms. The third-order valence-corrected chi connectivity index (χ3v) is 3.24. The Morgan fingerprint density at radius 1 is 1.15 bits per heavy atom. The number of benzene rings is 1. The van der Waals surface area contributed by atoms with Crippen molar-refractivity contribution < 1.29 is 23.4 Å². The Hall–Kier alpha value is -3.71. The van der Waals surface area contributed by atoms with Crippen molar-refractivity contribution in [2.75, 3.05) is 13.7 Å². The molecule has 132 valence electrons. The van der Waals surface area contributed by atoms with Gasteiger partial charge in [0.05, 0.1) is 13.7 Å². The highest BCUT2D eigenvalue weighted by molar-refractivity contribution is 5.86. The van der Waals surface area contributed by atoms with Gasteiger partial charge in [-0.1, -0.05) is 6.07 Å². The fourth-order valence-electron chi connectivity index (χ4n) is 2.07. The Morgan fingerprint density at radius 3 is 2.58 bits per heavy atom. The summed E-state index contributed by atoms with van der Waals surface area (Å²) in [5, 5.41) is 17.7. The lowest BCUT2D eigenvalue weighted by atomic mass is 10.1. The number of ether oxygens (including phenoxy) is 3. The van der Waals surface area contributed by atoms with Gasteiger partial charge in [0.25, 0.3) is 0 Å². The second kappa shape index (κ2) is 8.95. The first-order chi connectivity index (χ1) is 12.6. The van der Waals surface area contributed by atoms with Gasteiger partial charge in [-0.15, -0.1) is 0 Å². The third kappa shape index (κ3) is 4.65. The number of hydrogen-bond acceptors (Lipinski definition) is 7. The number of methoxy groups -OCH3 is 1. The van der Waals surface area contributed by atoms with Crippen molar-refractivity contribution in [3.63, 3.8) is 0 Å². The minimum absolute atomic E-state index is 0.00737. The molecule has 0 aliphatic rings. The third-order valence-electron chi connectivity index (χ3n) is 3.24. The molecule has 1 aromatic carbocycles. The molecule has 1 aromatic heterocycles. The van der Waals surface area contributed by atoms with Crippen molar-refractivity contribution in [1.29, 1.82) is 10.5 Å². The summed E-state index contributed by atoms with van der Waals surface area (Å²) in [5.74, 6) is 0.921. The minimum atomic E-state index is -0.562. The van der Waals surface area contributed by atoms with Gasteiger partial charge >= 0.3 is 5.97 Å². The van der Waals surface area contributed by atoms with E-state index in [1.165, 1.54) is 19.3 Å². The van der Waals surface area contributed by atoms with Crippen molar-refractivity contribution >= 4 is 12.0 Å². The number of hydrogen-bond donors (Lipinski definition) is 0. The predicted molar refractivity (Wildman–Crippen MR) is 91.2 cm³/mol. The highest BCUT2D eigenvalue weighted by Gasteiger charge is 2.12. The number of allylic oxidation sites excluding steroid dienone is 1. The van der Waals surface area contributed by atoms with Crippen molar-refractivity contribution in [2.24, 2.45) is 0 Å². The van der Waals surface area contributed by atoms with Crippen LogP contribution in [-0.2, 0) is 11.3 Å². The highest BCUT2D eigenvalue weighted by atomic mass is 16.5. The van der Waals surface area contributed by atoms with Crippen LogP contribution in [-0.4, -0.2) is 19.7 Å². The van der Waals surface area contributed by atoms with Gasteiger partial charge in [0.15, 0.2) is 11.5 Å². The zero-order chi connectivity index (χ0) is 18.9. The maximum Gasteiger partial charge on any atom is 0.373 e. The monoisotopic (exact) mass is 352 g/mol. The average Bonchev–Trinajstić information content (AvgIpc) is 3.14. The molecule has 0 bridgehead atoms. The normalized spacial score (nSPS) is 9.54. The van der Waals surface area contributed by atoms with Gasteiger partial charge in [0, 0.05) is 0 Å². The van der Waals surface area contributed by atoms with E-state index in [0.717, 1.165) is 0 Å². The second-order valence-electron chi connectivity index (χ2n) is 4.97. The molecule has 0 aliphatic carbocycles. The second-order valence-corrected chi connectivity index (χ2v) is 4.97. The molecule has 0 aliphatic heterocycles. The fourth-order valence-corrected chi connectivity index (χ4v) is 2.07. The van der Waals surface area contributed by atoms with Crippen LogP contribution in [0.25, 0.3) is 6.08 Å². The maximum absolute atomic E-state index is 11.4. The summed E-state index contributed by atoms with van der Waals surface area (Å²) in [6, 6.07) is 11.8. The standard InChI is InChI=1S/C19H16N2O5/c1-3-24-18-9-13(8-14(10-20)11-21)4-6-16(18)25-12-15-5-7-17(26-15)19(22)23-2/h4-9H,3,12H2,1-2H3. The van der Waals surface area contributed by atoms with Gasteiger partial charge in [-0.05, 0) is 42.8 Å². The van der Waals surface area contributed by atoms with E-state index in [0.29, 0.717) is 29.4 Å². The Morgan fingerprint density at radius 2 is 1.92 bits per heavy atom. The van der Waals surface area contributed by atoms with Gasteiger partial charge in [-0.3, -0.25) is 0 Å². The number of nitriles is 2. The van der Waals surface area contributed by atoms with Crippen LogP contribution < -0.4 is 9.47 Å². The van der Waals surface area contributed by atoms with E-state index >= 15 is 0 Å². The van der Waals surface area contributed by atoms with E-state index in [2.05, 4.69) is 4.74 Å². The van der Waals surface area contributed by atoms with E-state index < -0.39 is 5.97 Å². The molecule has 0 saturated heterocycles. The van der Waals surface area contributed by atoms with E-state index in [-0.39, 0.29) is 17.9 Å². The lowest BCUT2D eigenvalue weighted by molar-refractivity contribution is 0.0561. The molecule has 0 radical (unpaired) electrons. The van der Waals surface area contributed by atoms with E-state index in [1.54, 1.807) is 36.4 Å². The van der Waals surface area contributed by atoms with Crippen LogP contribution in [0.2, 0.25) is 0 Å². The molecule has 2 aromatic rings. The molecule has 0 amide bonds. The van der Waals surface area contributed by atoms with Gasteiger partial charge in [0.1, 0.15) is 30.1 Å². The van der Waals surface area contributed by atoms with Gasteiger partial charge in [-0.2, -0.15) is 10.5 Å². The van der Waals surface area contributed by atoms with E-state index in [4.69, 9.17) is 24.4 Å². The first-order valence-electron chi connectivity index (χ1n) is 7.69. The molecule has 7 heteroatoms. The summed E-state index contributed by atoms with van der Waals surface area (Å²) in [7, 11) is 1.27. The summed E-state index contributed by atoms with van der Waals surface area (Å²) in [6.45, 7) is 2.34. The van der Waals surface area contributed by atoms with Gasteiger partial charge < -0.3 is 18.6 Å². The fraction of sp³-hybridized carbons (Fsp3) is 0.211. The molecular weight excluding hydrogens is 336 g/mol. The number of esters is 1. The molecule has 0 spiro atoms. The Labute approximate surface area is 150 Å². The zero-order valence-corrected chi connectivity index (χ0v) is 14.3. The summed E-state index contributed by atoms with van der Waals surface area (Å²) in [5.41, 5.74) is 0.636. The van der Waals surface area contributed by atoms with Crippen molar-refractivity contribution in [3.05, 3.63) is 53.0 Å². The Balaban J connectivity index is 2.17. The van der Waals surface area contributed by atoms with Crippen molar-refractivity contribution in [1.82, 2.24) is 0 Å². The molecule has 2 rings (SSSR count). The first-order valence-corrected chi connectivity index (χ1v) is 7.69. The summed E-state index contributed by atoms with van der Waals surface area (Å²) >= 11 is 0. The van der Waals surface area contributed by atoms with E-state index in [9.17, 15) is 4.79 Å². The summed E-state index contributed by atoms with van der Waals surface area (Å²) in [6.07, 6.45) is 1.46. The van der Waals surface area contributed by atoms with Crippen LogP contribution in [0.15, 0.2) is 40.3 Å². The number of nitrogens with zero attached hydrogens (tertiary/aromatic N) is 2. The molecule has 1 heterocycles. The summed E-state index contributed by atoms with van der Waals surface area (Å²) < 4.78 is 21.2. The predicted octanol–water partition coefficient (Wildman–Crippen LogP) is 3.47. The molecule has 0 fully saturated rings. The Bertz CT molecular complexity index is 883. The van der Waals surface area contributed by atoms with Crippen LogP contribution in [0.3, 0.4) is 0 Å². The van der Waals surface area contributed by atoms with Gasteiger partial charge in [0.2, 0.25) is 5.76 Å². The molecule has 0 saturated carbocycles. The zero-order valence-electron chi connectivity index (χ0n) is 14.3. The lowest BCUT2D eigenvalue weighted by Gasteiger charge is -2.12.